The van der Waals surface area contributed by atoms with Gasteiger partial charge in [-0.25, -0.2) is 0 Å². The minimum absolute atomic E-state index is 0.453. The van der Waals surface area contributed by atoms with Crippen molar-refractivity contribution in [3.63, 3.8) is 0 Å². The van der Waals surface area contributed by atoms with E-state index in [-0.39, 0.29) is 0 Å². The highest BCUT2D eigenvalue weighted by atomic mass is 15.6. The summed E-state index contributed by atoms with van der Waals surface area (Å²) in [4.78, 5) is 4.44. The number of piperidine rings is 1. The summed E-state index contributed by atoms with van der Waals surface area (Å²) in [7, 11) is 0. The number of rotatable bonds is 0. The smallest absolute Gasteiger partial charge is 0.121 e. The van der Waals surface area contributed by atoms with E-state index >= 15 is 0 Å². The van der Waals surface area contributed by atoms with Crippen LogP contribution in [0.25, 0.3) is 0 Å². The molecule has 2 heterocycles. The number of nitrogens with one attached hydrogen (secondary N) is 1. The normalized spacial score (nSPS) is 32.9. The Balaban J connectivity index is 2.06. The van der Waals surface area contributed by atoms with E-state index in [2.05, 4.69) is 15.4 Å². The summed E-state index contributed by atoms with van der Waals surface area (Å²) in [5.41, 5.74) is 3.24. The second-order valence-electron chi connectivity index (χ2n) is 3.00. The van der Waals surface area contributed by atoms with E-state index < -0.39 is 0 Å². The topological polar surface area (TPSA) is 27.6 Å². The first kappa shape index (κ1) is 6.16. The van der Waals surface area contributed by atoms with E-state index in [4.69, 9.17) is 0 Å². The minimum Gasteiger partial charge on any atom is -0.305 e. The van der Waals surface area contributed by atoms with Gasteiger partial charge >= 0.3 is 0 Å². The number of aliphatic imine (C=N–C) groups is 1. The summed E-state index contributed by atoms with van der Waals surface area (Å²) in [6.07, 6.45) is 4.32. The van der Waals surface area contributed by atoms with Gasteiger partial charge in [0.05, 0.1) is 0 Å². The van der Waals surface area contributed by atoms with Crippen LogP contribution in [0.4, 0.5) is 0 Å². The van der Waals surface area contributed by atoms with Crippen LogP contribution in [0.2, 0.25) is 0 Å². The summed E-state index contributed by atoms with van der Waals surface area (Å²) in [5, 5.41) is 2.23. The van der Waals surface area contributed by atoms with Crippen molar-refractivity contribution in [1.82, 2.24) is 10.4 Å². The number of hydrogen-bond acceptors (Lipinski definition) is 3. The third-order valence-electron chi connectivity index (χ3n) is 2.12. The van der Waals surface area contributed by atoms with Gasteiger partial charge in [0, 0.05) is 6.54 Å². The lowest BCUT2D eigenvalue weighted by atomic mass is 10.1. The van der Waals surface area contributed by atoms with E-state index in [0.29, 0.717) is 6.17 Å². The molecule has 2 aliphatic heterocycles. The Bertz CT molecular complexity index is 164. The summed E-state index contributed by atoms with van der Waals surface area (Å²) in [6, 6.07) is 0. The van der Waals surface area contributed by atoms with Gasteiger partial charge in [0.1, 0.15) is 12.0 Å². The molecule has 0 spiro atoms. The van der Waals surface area contributed by atoms with Crippen molar-refractivity contribution in [1.29, 1.82) is 0 Å². The molecule has 0 amide bonds. The Morgan fingerprint density at radius 2 is 2.50 bits per heavy atom. The van der Waals surface area contributed by atoms with Gasteiger partial charge in [-0.3, -0.25) is 4.99 Å². The highest BCUT2D eigenvalue weighted by Crippen LogP contribution is 2.18. The van der Waals surface area contributed by atoms with Crippen molar-refractivity contribution >= 4 is 5.84 Å². The molecule has 1 N–H and O–H groups in total. The average Bonchev–Trinajstić information content (AvgIpc) is 2.27. The monoisotopic (exact) mass is 139 g/mol. The van der Waals surface area contributed by atoms with Crippen molar-refractivity contribution in [3.8, 4) is 0 Å². The van der Waals surface area contributed by atoms with Crippen molar-refractivity contribution in [2.45, 2.75) is 32.4 Å². The predicted molar refractivity (Wildman–Crippen MR) is 40.6 cm³/mol. The van der Waals surface area contributed by atoms with Crippen LogP contribution < -0.4 is 5.43 Å². The predicted octanol–water partition coefficient (Wildman–Crippen LogP) is 0.735. The van der Waals surface area contributed by atoms with Crippen LogP contribution in [0.5, 0.6) is 0 Å². The molecule has 0 saturated carbocycles. The molecular formula is C7H13N3. The van der Waals surface area contributed by atoms with Crippen molar-refractivity contribution in [2.24, 2.45) is 4.99 Å². The second-order valence-corrected chi connectivity index (χ2v) is 3.00. The molecular weight excluding hydrogens is 126 g/mol. The Kier molecular flexibility index (Phi) is 1.38. The molecule has 0 aromatic carbocycles. The molecule has 2 rings (SSSR count). The third-order valence-corrected chi connectivity index (χ3v) is 2.12. The molecule has 1 atom stereocenters. The van der Waals surface area contributed by atoms with Gasteiger partial charge in [-0.1, -0.05) is 0 Å². The van der Waals surface area contributed by atoms with E-state index in [1.807, 2.05) is 6.92 Å². The fourth-order valence-electron chi connectivity index (χ4n) is 1.64. The van der Waals surface area contributed by atoms with Crippen LogP contribution in [0, 0.1) is 0 Å². The molecule has 56 valence electrons. The lowest BCUT2D eigenvalue weighted by Crippen LogP contribution is -2.43. The number of amidine groups is 1. The average molecular weight is 139 g/mol. The molecule has 0 bridgehead atoms. The Morgan fingerprint density at radius 1 is 1.60 bits per heavy atom. The highest BCUT2D eigenvalue weighted by molar-refractivity contribution is 5.80. The maximum Gasteiger partial charge on any atom is 0.121 e. The van der Waals surface area contributed by atoms with Crippen LogP contribution in [0.3, 0.4) is 0 Å². The molecule has 0 radical (unpaired) electrons. The van der Waals surface area contributed by atoms with E-state index in [1.54, 1.807) is 0 Å². The summed E-state index contributed by atoms with van der Waals surface area (Å²) >= 11 is 0. The second kappa shape index (κ2) is 2.23. The fraction of sp³-hybridized carbons (Fsp3) is 0.857. The first-order valence-corrected chi connectivity index (χ1v) is 3.94. The molecule has 3 heteroatoms. The largest absolute Gasteiger partial charge is 0.305 e. The molecule has 2 aliphatic rings. The molecule has 1 fully saturated rings. The maximum atomic E-state index is 4.44. The molecule has 0 aliphatic carbocycles. The van der Waals surface area contributed by atoms with E-state index in [9.17, 15) is 0 Å². The van der Waals surface area contributed by atoms with Gasteiger partial charge in [0.25, 0.3) is 0 Å². The Labute approximate surface area is 61.1 Å². The molecule has 1 saturated heterocycles. The summed E-state index contributed by atoms with van der Waals surface area (Å²) in [6.45, 7) is 3.18. The number of hydrazine groups is 1. The van der Waals surface area contributed by atoms with Crippen molar-refractivity contribution in [2.75, 3.05) is 6.54 Å². The van der Waals surface area contributed by atoms with E-state index in [1.165, 1.54) is 19.3 Å². The van der Waals surface area contributed by atoms with Crippen LogP contribution in [0.1, 0.15) is 26.2 Å². The Morgan fingerprint density at radius 3 is 3.30 bits per heavy atom. The zero-order valence-electron chi connectivity index (χ0n) is 6.30. The van der Waals surface area contributed by atoms with Crippen molar-refractivity contribution < 1.29 is 0 Å². The molecule has 10 heavy (non-hydrogen) atoms. The fourth-order valence-corrected chi connectivity index (χ4v) is 1.64. The molecule has 0 aromatic rings. The van der Waals surface area contributed by atoms with Gasteiger partial charge in [-0.2, -0.15) is 5.01 Å². The van der Waals surface area contributed by atoms with Gasteiger partial charge in [-0.05, 0) is 26.2 Å². The molecule has 3 nitrogen and oxygen atoms in total. The van der Waals surface area contributed by atoms with Crippen molar-refractivity contribution in [3.05, 3.63) is 0 Å². The number of nitrogens with zero attached hydrogens (tertiary/aromatic N) is 2. The lowest BCUT2D eigenvalue weighted by Gasteiger charge is -2.27. The zero-order chi connectivity index (χ0) is 6.97. The van der Waals surface area contributed by atoms with Crippen LogP contribution >= 0.6 is 0 Å². The maximum absolute atomic E-state index is 4.44. The summed E-state index contributed by atoms with van der Waals surface area (Å²) in [5.74, 6) is 1.08. The quantitative estimate of drug-likeness (QED) is 0.536. The Hall–Kier alpha value is -0.570. The lowest BCUT2D eigenvalue weighted by molar-refractivity contribution is 0.144. The standard InChI is InChI=1S/C7H13N3/c1-6-8-7-4-2-3-5-10(7)9-6/h7H,2-5H2,1H3,(H,8,9). The van der Waals surface area contributed by atoms with Gasteiger partial charge in [0.2, 0.25) is 0 Å². The van der Waals surface area contributed by atoms with E-state index in [0.717, 1.165) is 12.4 Å². The van der Waals surface area contributed by atoms with Crippen LogP contribution in [0.15, 0.2) is 4.99 Å². The SMILES string of the molecule is CC1=NC2CCCCN2N1. The first-order valence-electron chi connectivity index (χ1n) is 3.94. The first-order chi connectivity index (χ1) is 4.86. The highest BCUT2D eigenvalue weighted by Gasteiger charge is 2.25. The number of hydrogen-bond donors (Lipinski definition) is 1. The van der Waals surface area contributed by atoms with Gasteiger partial charge < -0.3 is 5.43 Å². The minimum atomic E-state index is 0.453. The van der Waals surface area contributed by atoms with Crippen LogP contribution in [-0.2, 0) is 0 Å². The van der Waals surface area contributed by atoms with Gasteiger partial charge in [-0.15, -0.1) is 0 Å². The number of fused-ring (bicyclic) bond motifs is 1. The molecule has 1 unspecified atom stereocenters. The van der Waals surface area contributed by atoms with Gasteiger partial charge in [0.15, 0.2) is 0 Å². The summed E-state index contributed by atoms with van der Waals surface area (Å²) < 4.78 is 0. The molecule has 0 aromatic heterocycles. The zero-order valence-corrected chi connectivity index (χ0v) is 6.30. The van der Waals surface area contributed by atoms with Crippen LogP contribution in [-0.4, -0.2) is 23.6 Å². The third kappa shape index (κ3) is 0.904.